The molecular weight excluding hydrogens is 234 g/mol. The minimum absolute atomic E-state index is 0.544. The highest BCUT2D eigenvalue weighted by Crippen LogP contribution is 2.34. The maximum Gasteiger partial charge on any atom is 0.120 e. The molecule has 0 atom stereocenters. The molecule has 0 unspecified atom stereocenters. The molecule has 1 fully saturated rings. The number of thioether (sulfide) groups is 1. The standard InChI is InChI=1S/C13H15NO2S/c1-15-11-3-2-10(9-14)13(8-11)17-12-4-6-16-7-5-12/h2-3,8,12H,4-7H2,1H3. The number of hydrogen-bond donors (Lipinski definition) is 0. The summed E-state index contributed by atoms with van der Waals surface area (Å²) >= 11 is 1.76. The Bertz CT molecular complexity index is 422. The van der Waals surface area contributed by atoms with E-state index in [1.165, 1.54) is 0 Å². The van der Waals surface area contributed by atoms with Gasteiger partial charge in [-0.1, -0.05) is 0 Å². The van der Waals surface area contributed by atoms with E-state index in [2.05, 4.69) is 6.07 Å². The fourth-order valence-electron chi connectivity index (χ4n) is 1.79. The summed E-state index contributed by atoms with van der Waals surface area (Å²) in [5, 5.41) is 9.63. The van der Waals surface area contributed by atoms with Crippen LogP contribution in [0.15, 0.2) is 23.1 Å². The molecule has 0 amide bonds. The van der Waals surface area contributed by atoms with Crippen molar-refractivity contribution in [2.24, 2.45) is 0 Å². The Kier molecular flexibility index (Phi) is 4.29. The number of nitrogens with zero attached hydrogens (tertiary/aromatic N) is 1. The molecule has 1 aliphatic heterocycles. The molecule has 1 saturated heterocycles. The van der Waals surface area contributed by atoms with E-state index in [0.29, 0.717) is 5.25 Å². The molecule has 1 heterocycles. The first-order chi connectivity index (χ1) is 8.33. The van der Waals surface area contributed by atoms with Crippen LogP contribution in [0.5, 0.6) is 5.75 Å². The summed E-state index contributed by atoms with van der Waals surface area (Å²) in [4.78, 5) is 1.01. The molecule has 0 bridgehead atoms. The maximum atomic E-state index is 9.08. The lowest BCUT2D eigenvalue weighted by Gasteiger charge is -2.21. The van der Waals surface area contributed by atoms with Gasteiger partial charge in [0.05, 0.1) is 12.7 Å². The molecule has 0 aliphatic carbocycles. The Labute approximate surface area is 106 Å². The van der Waals surface area contributed by atoms with Gasteiger partial charge in [0.1, 0.15) is 11.8 Å². The van der Waals surface area contributed by atoms with E-state index in [-0.39, 0.29) is 0 Å². The molecular formula is C13H15NO2S. The van der Waals surface area contributed by atoms with Gasteiger partial charge in [0.25, 0.3) is 0 Å². The van der Waals surface area contributed by atoms with Crippen LogP contribution in [0, 0.1) is 11.3 Å². The lowest BCUT2D eigenvalue weighted by Crippen LogP contribution is -2.17. The Morgan fingerprint density at radius 2 is 2.18 bits per heavy atom. The zero-order valence-electron chi connectivity index (χ0n) is 9.81. The number of rotatable bonds is 3. The molecule has 0 saturated carbocycles. The minimum Gasteiger partial charge on any atom is -0.497 e. The maximum absolute atomic E-state index is 9.08. The van der Waals surface area contributed by atoms with Gasteiger partial charge in [-0.15, -0.1) is 11.8 Å². The minimum atomic E-state index is 0.544. The number of methoxy groups -OCH3 is 1. The fraction of sp³-hybridized carbons (Fsp3) is 0.462. The molecule has 1 aliphatic rings. The van der Waals surface area contributed by atoms with Gasteiger partial charge in [-0.3, -0.25) is 0 Å². The first-order valence-corrected chi connectivity index (χ1v) is 6.54. The van der Waals surface area contributed by atoms with Crippen LogP contribution in [-0.4, -0.2) is 25.6 Å². The Balaban J connectivity index is 2.14. The number of nitriles is 1. The van der Waals surface area contributed by atoms with E-state index >= 15 is 0 Å². The van der Waals surface area contributed by atoms with Gasteiger partial charge in [0.15, 0.2) is 0 Å². The quantitative estimate of drug-likeness (QED) is 0.826. The van der Waals surface area contributed by atoms with Gasteiger partial charge >= 0.3 is 0 Å². The smallest absolute Gasteiger partial charge is 0.120 e. The van der Waals surface area contributed by atoms with Crippen molar-refractivity contribution in [3.63, 3.8) is 0 Å². The van der Waals surface area contributed by atoms with Crippen molar-refractivity contribution in [1.82, 2.24) is 0 Å². The van der Waals surface area contributed by atoms with Crippen LogP contribution in [0.2, 0.25) is 0 Å². The molecule has 1 aromatic carbocycles. The summed E-state index contributed by atoms with van der Waals surface area (Å²) in [6, 6.07) is 7.82. The van der Waals surface area contributed by atoms with Crippen molar-refractivity contribution in [1.29, 1.82) is 5.26 Å². The second-order valence-electron chi connectivity index (χ2n) is 3.90. The van der Waals surface area contributed by atoms with Crippen LogP contribution >= 0.6 is 11.8 Å². The van der Waals surface area contributed by atoms with Gasteiger partial charge in [-0.25, -0.2) is 0 Å². The van der Waals surface area contributed by atoms with Gasteiger partial charge in [-0.05, 0) is 31.0 Å². The van der Waals surface area contributed by atoms with Gasteiger partial charge in [0, 0.05) is 23.4 Å². The summed E-state index contributed by atoms with van der Waals surface area (Å²) in [6.45, 7) is 1.65. The molecule has 0 radical (unpaired) electrons. The molecule has 90 valence electrons. The molecule has 0 N–H and O–H groups in total. The second kappa shape index (κ2) is 5.95. The average molecular weight is 249 g/mol. The second-order valence-corrected chi connectivity index (χ2v) is 5.25. The summed E-state index contributed by atoms with van der Waals surface area (Å²) in [6.07, 6.45) is 2.10. The monoisotopic (exact) mass is 249 g/mol. The summed E-state index contributed by atoms with van der Waals surface area (Å²) in [7, 11) is 1.64. The molecule has 2 rings (SSSR count). The normalized spacial score (nSPS) is 16.5. The van der Waals surface area contributed by atoms with Crippen LogP contribution in [0.3, 0.4) is 0 Å². The van der Waals surface area contributed by atoms with Crippen molar-refractivity contribution >= 4 is 11.8 Å². The lowest BCUT2D eigenvalue weighted by molar-refractivity contribution is 0.100. The number of benzene rings is 1. The Morgan fingerprint density at radius 1 is 1.41 bits per heavy atom. The molecule has 0 aromatic heterocycles. The first kappa shape index (κ1) is 12.3. The predicted molar refractivity (Wildman–Crippen MR) is 67.4 cm³/mol. The van der Waals surface area contributed by atoms with Crippen molar-refractivity contribution < 1.29 is 9.47 Å². The van der Waals surface area contributed by atoms with Crippen LogP contribution < -0.4 is 4.74 Å². The average Bonchev–Trinajstić information content (AvgIpc) is 2.40. The lowest BCUT2D eigenvalue weighted by atomic mass is 10.2. The largest absolute Gasteiger partial charge is 0.497 e. The van der Waals surface area contributed by atoms with E-state index in [1.807, 2.05) is 18.2 Å². The van der Waals surface area contributed by atoms with Crippen molar-refractivity contribution in [2.45, 2.75) is 23.0 Å². The van der Waals surface area contributed by atoms with E-state index < -0.39 is 0 Å². The highest BCUT2D eigenvalue weighted by atomic mass is 32.2. The van der Waals surface area contributed by atoms with Crippen molar-refractivity contribution in [3.8, 4) is 11.8 Å². The molecule has 17 heavy (non-hydrogen) atoms. The van der Waals surface area contributed by atoms with Crippen LogP contribution in [0.4, 0.5) is 0 Å². The third-order valence-corrected chi connectivity index (χ3v) is 4.17. The van der Waals surface area contributed by atoms with Crippen molar-refractivity contribution in [3.05, 3.63) is 23.8 Å². The number of ether oxygens (including phenoxy) is 2. The fourth-order valence-corrected chi connectivity index (χ4v) is 3.00. The van der Waals surface area contributed by atoms with E-state index in [0.717, 1.165) is 42.3 Å². The first-order valence-electron chi connectivity index (χ1n) is 5.66. The predicted octanol–water partition coefficient (Wildman–Crippen LogP) is 2.84. The third kappa shape index (κ3) is 3.15. The Hall–Kier alpha value is -1.18. The van der Waals surface area contributed by atoms with Crippen LogP contribution in [-0.2, 0) is 4.74 Å². The molecule has 4 heteroatoms. The zero-order chi connectivity index (χ0) is 12.1. The Morgan fingerprint density at radius 3 is 2.82 bits per heavy atom. The molecule has 3 nitrogen and oxygen atoms in total. The highest BCUT2D eigenvalue weighted by molar-refractivity contribution is 8.00. The van der Waals surface area contributed by atoms with Crippen LogP contribution in [0.1, 0.15) is 18.4 Å². The van der Waals surface area contributed by atoms with E-state index in [9.17, 15) is 0 Å². The summed E-state index contributed by atoms with van der Waals surface area (Å²) in [5.41, 5.74) is 0.724. The van der Waals surface area contributed by atoms with E-state index in [4.69, 9.17) is 14.7 Å². The molecule has 0 spiro atoms. The SMILES string of the molecule is COc1ccc(C#N)c(SC2CCOCC2)c1. The number of hydrogen-bond acceptors (Lipinski definition) is 4. The van der Waals surface area contributed by atoms with Gasteiger partial charge < -0.3 is 9.47 Å². The summed E-state index contributed by atoms with van der Waals surface area (Å²) < 4.78 is 10.5. The van der Waals surface area contributed by atoms with Gasteiger partial charge in [-0.2, -0.15) is 5.26 Å². The van der Waals surface area contributed by atoms with E-state index in [1.54, 1.807) is 18.9 Å². The molecule has 1 aromatic rings. The van der Waals surface area contributed by atoms with Crippen LogP contribution in [0.25, 0.3) is 0 Å². The van der Waals surface area contributed by atoms with Gasteiger partial charge in [0.2, 0.25) is 0 Å². The highest BCUT2D eigenvalue weighted by Gasteiger charge is 2.17. The zero-order valence-corrected chi connectivity index (χ0v) is 10.6. The van der Waals surface area contributed by atoms with Crippen molar-refractivity contribution in [2.75, 3.05) is 20.3 Å². The third-order valence-electron chi connectivity index (χ3n) is 2.77. The summed E-state index contributed by atoms with van der Waals surface area (Å²) in [5.74, 6) is 0.804. The topological polar surface area (TPSA) is 42.2 Å².